The lowest BCUT2D eigenvalue weighted by molar-refractivity contribution is -0.0909. The molecule has 2 N–H and O–H groups in total. The number of ether oxygens (including phenoxy) is 4. The summed E-state index contributed by atoms with van der Waals surface area (Å²) in [6.07, 6.45) is 1.52. The highest BCUT2D eigenvalue weighted by Gasteiger charge is 2.73. The van der Waals surface area contributed by atoms with E-state index in [9.17, 15) is 9.90 Å². The van der Waals surface area contributed by atoms with E-state index in [1.54, 1.807) is 50.6 Å². The number of methoxy groups -OCH3 is 3. The molecule has 7 rings (SSSR count). The molecular formula is C33H26ClN3O6. The summed E-state index contributed by atoms with van der Waals surface area (Å²) in [5.74, 6) is 1.20. The van der Waals surface area contributed by atoms with E-state index in [1.165, 1.54) is 13.3 Å². The molecule has 0 bridgehead atoms. The molecule has 0 fully saturated rings. The number of halogens is 1. The summed E-state index contributed by atoms with van der Waals surface area (Å²) in [7, 11) is 4.63. The molecule has 2 aliphatic rings. The first-order valence-corrected chi connectivity index (χ1v) is 13.9. The Balaban J connectivity index is 1.63. The van der Waals surface area contributed by atoms with Crippen LogP contribution in [-0.4, -0.2) is 41.4 Å². The Morgan fingerprint density at radius 1 is 0.930 bits per heavy atom. The minimum Gasteiger partial charge on any atom is -0.497 e. The number of H-pyrrole nitrogens is 1. The van der Waals surface area contributed by atoms with Crippen molar-refractivity contribution in [2.75, 3.05) is 21.3 Å². The summed E-state index contributed by atoms with van der Waals surface area (Å²) < 4.78 is 23.8. The van der Waals surface area contributed by atoms with Crippen LogP contribution in [0.25, 0.3) is 11.4 Å². The molecule has 3 atom stereocenters. The van der Waals surface area contributed by atoms with Crippen LogP contribution in [-0.2, 0) is 11.2 Å². The lowest BCUT2D eigenvalue weighted by Gasteiger charge is -2.40. The van der Waals surface area contributed by atoms with Crippen molar-refractivity contribution in [3.63, 3.8) is 0 Å². The fraction of sp³-hybridized carbons (Fsp3) is 0.182. The second-order valence-electron chi connectivity index (χ2n) is 10.4. The van der Waals surface area contributed by atoms with Gasteiger partial charge in [-0.2, -0.15) is 0 Å². The van der Waals surface area contributed by atoms with E-state index in [-0.39, 0.29) is 17.1 Å². The highest BCUT2D eigenvalue weighted by atomic mass is 35.5. The van der Waals surface area contributed by atoms with Crippen molar-refractivity contribution in [3.05, 3.63) is 129 Å². The molecule has 0 spiro atoms. The average Bonchev–Trinajstić information content (AvgIpc) is 3.44. The van der Waals surface area contributed by atoms with Crippen molar-refractivity contribution in [1.29, 1.82) is 0 Å². The molecule has 1 aliphatic carbocycles. The lowest BCUT2D eigenvalue weighted by atomic mass is 9.70. The van der Waals surface area contributed by atoms with Crippen LogP contribution in [0.4, 0.5) is 0 Å². The van der Waals surface area contributed by atoms with E-state index in [2.05, 4.69) is 9.97 Å². The first-order chi connectivity index (χ1) is 20.8. The Morgan fingerprint density at radius 2 is 1.67 bits per heavy atom. The number of aromatic amines is 1. The number of nitrogens with zero attached hydrogens (tertiary/aromatic N) is 2. The van der Waals surface area contributed by atoms with Gasteiger partial charge in [0.1, 0.15) is 34.0 Å². The Hall–Kier alpha value is -4.86. The normalized spacial score (nSPS) is 21.4. The number of aromatic nitrogens is 3. The number of benzene rings is 3. The van der Waals surface area contributed by atoms with Gasteiger partial charge in [-0.15, -0.1) is 0 Å². The summed E-state index contributed by atoms with van der Waals surface area (Å²) in [6.45, 7) is 0. The maximum atomic E-state index is 14.2. The van der Waals surface area contributed by atoms with Gasteiger partial charge in [-0.05, 0) is 29.8 Å². The van der Waals surface area contributed by atoms with Gasteiger partial charge in [0.05, 0.1) is 44.1 Å². The van der Waals surface area contributed by atoms with Crippen LogP contribution in [0.1, 0.15) is 33.9 Å². The van der Waals surface area contributed by atoms with E-state index in [0.717, 1.165) is 5.56 Å². The first kappa shape index (κ1) is 27.0. The predicted molar refractivity (Wildman–Crippen MR) is 159 cm³/mol. The van der Waals surface area contributed by atoms with Gasteiger partial charge in [0.15, 0.2) is 11.2 Å². The maximum absolute atomic E-state index is 14.2. The molecule has 0 saturated heterocycles. The van der Waals surface area contributed by atoms with Gasteiger partial charge in [0, 0.05) is 29.5 Å². The van der Waals surface area contributed by atoms with E-state index < -0.39 is 22.7 Å². The topological polar surface area (TPSA) is 116 Å². The lowest BCUT2D eigenvalue weighted by Crippen LogP contribution is -2.49. The van der Waals surface area contributed by atoms with Crippen LogP contribution in [0.3, 0.4) is 0 Å². The quantitative estimate of drug-likeness (QED) is 0.258. The summed E-state index contributed by atoms with van der Waals surface area (Å²) in [6, 6.07) is 23.4. The highest BCUT2D eigenvalue weighted by Crippen LogP contribution is 2.69. The third kappa shape index (κ3) is 3.71. The Morgan fingerprint density at radius 3 is 2.33 bits per heavy atom. The number of fused-ring (bicyclic) bond motifs is 5. The van der Waals surface area contributed by atoms with Crippen LogP contribution >= 0.6 is 11.6 Å². The van der Waals surface area contributed by atoms with Crippen LogP contribution in [0.2, 0.25) is 5.15 Å². The molecule has 10 heteroatoms. The van der Waals surface area contributed by atoms with E-state index in [4.69, 9.17) is 35.5 Å². The van der Waals surface area contributed by atoms with Gasteiger partial charge >= 0.3 is 0 Å². The van der Waals surface area contributed by atoms with E-state index in [1.807, 2.05) is 42.5 Å². The zero-order valence-corrected chi connectivity index (χ0v) is 24.2. The summed E-state index contributed by atoms with van der Waals surface area (Å²) in [5, 5.41) is 13.7. The van der Waals surface area contributed by atoms with Gasteiger partial charge in [0.25, 0.3) is 5.56 Å². The van der Waals surface area contributed by atoms with Crippen LogP contribution < -0.4 is 24.5 Å². The second-order valence-corrected chi connectivity index (χ2v) is 10.8. The number of pyridine rings is 1. The molecule has 1 aliphatic heterocycles. The summed E-state index contributed by atoms with van der Waals surface area (Å²) >= 11 is 6.04. The molecule has 3 aromatic carbocycles. The summed E-state index contributed by atoms with van der Waals surface area (Å²) in [5.41, 5.74) is -1.36. The van der Waals surface area contributed by atoms with E-state index >= 15 is 0 Å². The summed E-state index contributed by atoms with van der Waals surface area (Å²) in [4.78, 5) is 26.2. The number of hydrogen-bond acceptors (Lipinski definition) is 8. The molecule has 2 aromatic heterocycles. The molecule has 216 valence electrons. The molecule has 5 aromatic rings. The molecule has 43 heavy (non-hydrogen) atoms. The molecule has 0 amide bonds. The molecule has 0 radical (unpaired) electrons. The van der Waals surface area contributed by atoms with Gasteiger partial charge in [-0.1, -0.05) is 54.1 Å². The third-order valence-electron chi connectivity index (χ3n) is 8.31. The Kier molecular flexibility index (Phi) is 6.19. The number of nitrogens with one attached hydrogen (secondary N) is 1. The van der Waals surface area contributed by atoms with Crippen molar-refractivity contribution in [2.24, 2.45) is 0 Å². The largest absolute Gasteiger partial charge is 0.497 e. The maximum Gasteiger partial charge on any atom is 0.255 e. The molecule has 0 saturated carbocycles. The van der Waals surface area contributed by atoms with Gasteiger partial charge in [-0.3, -0.25) is 4.79 Å². The second kappa shape index (κ2) is 9.86. The van der Waals surface area contributed by atoms with E-state index in [0.29, 0.717) is 44.8 Å². The molecule has 0 unspecified atom stereocenters. The van der Waals surface area contributed by atoms with Crippen LogP contribution in [0.15, 0.2) is 89.9 Å². The van der Waals surface area contributed by atoms with Crippen LogP contribution in [0.5, 0.6) is 23.0 Å². The first-order valence-electron chi connectivity index (χ1n) is 13.5. The fourth-order valence-corrected chi connectivity index (χ4v) is 6.59. The average molecular weight is 596 g/mol. The van der Waals surface area contributed by atoms with Crippen molar-refractivity contribution in [1.82, 2.24) is 15.0 Å². The zero-order valence-electron chi connectivity index (χ0n) is 23.4. The fourth-order valence-electron chi connectivity index (χ4n) is 6.48. The van der Waals surface area contributed by atoms with Gasteiger partial charge in [0.2, 0.25) is 0 Å². The number of rotatable bonds is 6. The minimum atomic E-state index is -1.99. The predicted octanol–water partition coefficient (Wildman–Crippen LogP) is 5.18. The van der Waals surface area contributed by atoms with Crippen molar-refractivity contribution in [3.8, 4) is 34.4 Å². The molecular weight excluding hydrogens is 570 g/mol. The van der Waals surface area contributed by atoms with Crippen molar-refractivity contribution >= 4 is 11.6 Å². The molecule has 3 heterocycles. The standard InChI is InChI=1S/C33H26ClN3O6/c1-40-21-12-10-20(11-13-21)33-27(18-7-5-4-6-8-18)26-29(36-30(37-31(26)38)19-9-14-25(34)35-17-19)32(33,39)28-23(42-3)15-22(41-2)16-24(28)43-33/h4-17,27,39H,1-3H3,(H,36,37,38)/t27-,32+,33+/m1/s1. The highest BCUT2D eigenvalue weighted by molar-refractivity contribution is 6.29. The Bertz CT molecular complexity index is 1910. The smallest absolute Gasteiger partial charge is 0.255 e. The Labute approximate surface area is 251 Å². The SMILES string of the molecule is COc1ccc([C@@]23Oc4cc(OC)cc(OC)c4[C@]2(O)c2nc(-c4ccc(Cl)nc4)[nH]c(=O)c2[C@H]3c2ccccc2)cc1. The van der Waals surface area contributed by atoms with Crippen LogP contribution in [0, 0.1) is 0 Å². The monoisotopic (exact) mass is 595 g/mol. The van der Waals surface area contributed by atoms with Crippen molar-refractivity contribution < 1.29 is 24.1 Å². The zero-order chi connectivity index (χ0) is 29.9. The van der Waals surface area contributed by atoms with Gasteiger partial charge < -0.3 is 29.0 Å². The van der Waals surface area contributed by atoms with Crippen molar-refractivity contribution in [2.45, 2.75) is 17.1 Å². The van der Waals surface area contributed by atoms with Gasteiger partial charge in [-0.25, -0.2) is 9.97 Å². The number of hydrogen-bond donors (Lipinski definition) is 2. The third-order valence-corrected chi connectivity index (χ3v) is 8.53. The number of aliphatic hydroxyl groups is 1. The molecule has 9 nitrogen and oxygen atoms in total. The minimum absolute atomic E-state index is 0.146.